The van der Waals surface area contributed by atoms with Gasteiger partial charge >= 0.3 is 6.04 Å². The standard InChI is InChI=1S/C21H33FO2/c1-2-3-4-5-6-7-8-9-10-11-12-15-18-24-20-17-14-13-16-19(20)21(22)23/h13-14,16-17H,2-12,15,18H2,1H3. The minimum absolute atomic E-state index is 0.0245. The van der Waals surface area contributed by atoms with Crippen molar-refractivity contribution >= 4 is 6.04 Å². The van der Waals surface area contributed by atoms with Gasteiger partial charge in [0.1, 0.15) is 5.75 Å². The lowest BCUT2D eigenvalue weighted by atomic mass is 10.1. The quantitative estimate of drug-likeness (QED) is 0.258. The van der Waals surface area contributed by atoms with Crippen LogP contribution in [0.15, 0.2) is 24.3 Å². The second-order valence-electron chi connectivity index (χ2n) is 6.51. The van der Waals surface area contributed by atoms with Crippen molar-refractivity contribution < 1.29 is 13.9 Å². The van der Waals surface area contributed by atoms with Crippen LogP contribution in [-0.4, -0.2) is 12.6 Å². The monoisotopic (exact) mass is 336 g/mol. The van der Waals surface area contributed by atoms with Gasteiger partial charge in [0.05, 0.1) is 12.2 Å². The summed E-state index contributed by atoms with van der Waals surface area (Å²) >= 11 is 0. The van der Waals surface area contributed by atoms with Gasteiger partial charge < -0.3 is 4.74 Å². The number of hydrogen-bond donors (Lipinski definition) is 0. The number of halogens is 1. The third kappa shape index (κ3) is 9.69. The Labute approximate surface area is 146 Å². The zero-order chi connectivity index (χ0) is 17.5. The Morgan fingerprint density at radius 1 is 0.833 bits per heavy atom. The second kappa shape index (κ2) is 14.0. The number of para-hydroxylation sites is 1. The van der Waals surface area contributed by atoms with Gasteiger partial charge in [-0.1, -0.05) is 89.7 Å². The lowest BCUT2D eigenvalue weighted by Crippen LogP contribution is -2.02. The number of hydrogen-bond acceptors (Lipinski definition) is 2. The molecule has 1 aromatic carbocycles. The van der Waals surface area contributed by atoms with Gasteiger partial charge in [0.2, 0.25) is 0 Å². The van der Waals surface area contributed by atoms with Crippen LogP contribution >= 0.6 is 0 Å². The second-order valence-corrected chi connectivity index (χ2v) is 6.51. The smallest absolute Gasteiger partial charge is 0.335 e. The zero-order valence-corrected chi connectivity index (χ0v) is 15.2. The molecular weight excluding hydrogens is 303 g/mol. The van der Waals surface area contributed by atoms with E-state index in [1.54, 1.807) is 18.2 Å². The van der Waals surface area contributed by atoms with Gasteiger partial charge in [-0.2, -0.15) is 4.39 Å². The highest BCUT2D eigenvalue weighted by atomic mass is 19.1. The van der Waals surface area contributed by atoms with Gasteiger partial charge in [-0.3, -0.25) is 4.79 Å². The molecule has 0 saturated heterocycles. The number of benzene rings is 1. The molecule has 0 aliphatic heterocycles. The predicted molar refractivity (Wildman–Crippen MR) is 98.5 cm³/mol. The maximum atomic E-state index is 12.8. The van der Waals surface area contributed by atoms with Gasteiger partial charge in [-0.05, 0) is 18.6 Å². The van der Waals surface area contributed by atoms with Crippen molar-refractivity contribution in [2.45, 2.75) is 84.0 Å². The first-order valence-electron chi connectivity index (χ1n) is 9.67. The Balaban J connectivity index is 1.93. The average Bonchev–Trinajstić information content (AvgIpc) is 2.59. The summed E-state index contributed by atoms with van der Waals surface area (Å²) in [5.74, 6) is 0.355. The van der Waals surface area contributed by atoms with Crippen molar-refractivity contribution in [1.82, 2.24) is 0 Å². The molecule has 0 bridgehead atoms. The Hall–Kier alpha value is -1.38. The van der Waals surface area contributed by atoms with Crippen LogP contribution in [0.2, 0.25) is 0 Å². The lowest BCUT2D eigenvalue weighted by molar-refractivity contribution is 0.0831. The van der Waals surface area contributed by atoms with Crippen molar-refractivity contribution in [2.75, 3.05) is 6.61 Å². The highest BCUT2D eigenvalue weighted by Crippen LogP contribution is 2.19. The van der Waals surface area contributed by atoms with Crippen LogP contribution in [0.4, 0.5) is 4.39 Å². The van der Waals surface area contributed by atoms with Gasteiger partial charge in [0.15, 0.2) is 0 Å². The van der Waals surface area contributed by atoms with Crippen LogP contribution in [0.3, 0.4) is 0 Å². The van der Waals surface area contributed by atoms with E-state index < -0.39 is 6.04 Å². The fourth-order valence-corrected chi connectivity index (χ4v) is 2.88. The van der Waals surface area contributed by atoms with Crippen LogP contribution in [0.1, 0.15) is 94.3 Å². The molecular formula is C21H33FO2. The van der Waals surface area contributed by atoms with E-state index in [9.17, 15) is 9.18 Å². The average molecular weight is 336 g/mol. The van der Waals surface area contributed by atoms with Gasteiger partial charge in [0.25, 0.3) is 0 Å². The molecule has 2 nitrogen and oxygen atoms in total. The molecule has 1 rings (SSSR count). The van der Waals surface area contributed by atoms with E-state index in [0.717, 1.165) is 12.8 Å². The molecule has 0 aliphatic carbocycles. The van der Waals surface area contributed by atoms with E-state index in [2.05, 4.69) is 6.92 Å². The van der Waals surface area contributed by atoms with Gasteiger partial charge in [-0.25, -0.2) is 0 Å². The molecule has 0 spiro atoms. The molecule has 24 heavy (non-hydrogen) atoms. The van der Waals surface area contributed by atoms with Crippen LogP contribution < -0.4 is 4.74 Å². The molecule has 0 unspecified atom stereocenters. The summed E-state index contributed by atoms with van der Waals surface area (Å²) in [6.07, 6.45) is 15.5. The molecule has 0 aromatic heterocycles. The number of rotatable bonds is 15. The van der Waals surface area contributed by atoms with Crippen molar-refractivity contribution in [3.05, 3.63) is 29.8 Å². The Bertz CT molecular complexity index is 445. The number of unbranched alkanes of at least 4 members (excludes halogenated alkanes) is 11. The number of ether oxygens (including phenoxy) is 1. The van der Waals surface area contributed by atoms with Crippen LogP contribution in [0.25, 0.3) is 0 Å². The third-order valence-electron chi connectivity index (χ3n) is 4.35. The first-order valence-corrected chi connectivity index (χ1v) is 9.67. The molecule has 0 saturated carbocycles. The first kappa shape index (κ1) is 20.7. The minimum atomic E-state index is -1.43. The summed E-state index contributed by atoms with van der Waals surface area (Å²) < 4.78 is 18.4. The SMILES string of the molecule is CCCCCCCCCCCCCCOc1ccccc1C(=O)F. The summed E-state index contributed by atoms with van der Waals surface area (Å²) in [7, 11) is 0. The highest BCUT2D eigenvalue weighted by molar-refractivity contribution is 5.91. The number of carbonyl (C=O) groups excluding carboxylic acids is 1. The Kier molecular flexibility index (Phi) is 12.1. The zero-order valence-electron chi connectivity index (χ0n) is 15.2. The molecule has 0 radical (unpaired) electrons. The predicted octanol–water partition coefficient (Wildman–Crippen LogP) is 6.88. The molecule has 0 aliphatic rings. The summed E-state index contributed by atoms with van der Waals surface area (Å²) in [5, 5.41) is 0. The van der Waals surface area contributed by atoms with Gasteiger partial charge in [-0.15, -0.1) is 0 Å². The van der Waals surface area contributed by atoms with E-state index >= 15 is 0 Å². The van der Waals surface area contributed by atoms with Crippen molar-refractivity contribution in [3.63, 3.8) is 0 Å². The fourth-order valence-electron chi connectivity index (χ4n) is 2.88. The molecule has 3 heteroatoms. The Morgan fingerprint density at radius 3 is 1.88 bits per heavy atom. The topological polar surface area (TPSA) is 26.3 Å². The molecule has 0 atom stereocenters. The van der Waals surface area contributed by atoms with Crippen LogP contribution in [0, 0.1) is 0 Å². The Morgan fingerprint density at radius 2 is 1.33 bits per heavy atom. The highest BCUT2D eigenvalue weighted by Gasteiger charge is 2.10. The van der Waals surface area contributed by atoms with Crippen LogP contribution in [-0.2, 0) is 0 Å². The molecule has 0 heterocycles. The molecule has 0 fully saturated rings. The van der Waals surface area contributed by atoms with Crippen molar-refractivity contribution in [3.8, 4) is 5.75 Å². The van der Waals surface area contributed by atoms with Crippen molar-refractivity contribution in [2.24, 2.45) is 0 Å². The van der Waals surface area contributed by atoms with E-state index in [0.29, 0.717) is 12.4 Å². The maximum absolute atomic E-state index is 12.8. The normalized spacial score (nSPS) is 10.8. The van der Waals surface area contributed by atoms with Crippen LogP contribution in [0.5, 0.6) is 5.75 Å². The van der Waals surface area contributed by atoms with E-state index in [-0.39, 0.29) is 5.56 Å². The number of carbonyl (C=O) groups is 1. The molecule has 0 amide bonds. The van der Waals surface area contributed by atoms with E-state index in [1.807, 2.05) is 0 Å². The summed E-state index contributed by atoms with van der Waals surface area (Å²) in [6, 6.07) is 5.07. The summed E-state index contributed by atoms with van der Waals surface area (Å²) in [5.41, 5.74) is 0.0245. The largest absolute Gasteiger partial charge is 0.493 e. The third-order valence-corrected chi connectivity index (χ3v) is 4.35. The van der Waals surface area contributed by atoms with E-state index in [1.165, 1.54) is 70.3 Å². The summed E-state index contributed by atoms with van der Waals surface area (Å²) in [6.45, 7) is 2.80. The van der Waals surface area contributed by atoms with E-state index in [4.69, 9.17) is 4.74 Å². The lowest BCUT2D eigenvalue weighted by Gasteiger charge is -2.08. The summed E-state index contributed by atoms with van der Waals surface area (Å²) in [4.78, 5) is 10.9. The van der Waals surface area contributed by atoms with Gasteiger partial charge in [0, 0.05) is 0 Å². The minimum Gasteiger partial charge on any atom is -0.493 e. The first-order chi connectivity index (χ1) is 11.8. The fraction of sp³-hybridized carbons (Fsp3) is 0.667. The molecule has 0 N–H and O–H groups in total. The molecule has 1 aromatic rings. The van der Waals surface area contributed by atoms with Crippen molar-refractivity contribution in [1.29, 1.82) is 0 Å². The maximum Gasteiger partial charge on any atom is 0.335 e. The molecule has 136 valence electrons.